The van der Waals surface area contributed by atoms with Crippen LogP contribution in [0.4, 0.5) is 0 Å². The first-order valence-electron chi connectivity index (χ1n) is 10.8. The minimum Gasteiger partial charge on any atom is -0.492 e. The highest BCUT2D eigenvalue weighted by Crippen LogP contribution is 2.24. The van der Waals surface area contributed by atoms with E-state index < -0.39 is 5.97 Å². The van der Waals surface area contributed by atoms with Gasteiger partial charge in [-0.05, 0) is 32.6 Å². The molecule has 0 spiro atoms. The molecule has 1 aliphatic heterocycles. The van der Waals surface area contributed by atoms with Crippen LogP contribution < -0.4 is 10.3 Å². The summed E-state index contributed by atoms with van der Waals surface area (Å²) < 4.78 is 17.7. The summed E-state index contributed by atoms with van der Waals surface area (Å²) in [4.78, 5) is 41.9. The summed E-state index contributed by atoms with van der Waals surface area (Å²) in [7, 11) is 5.24. The third-order valence-electron chi connectivity index (χ3n) is 5.51. The number of pyridine rings is 1. The van der Waals surface area contributed by atoms with E-state index in [2.05, 4.69) is 0 Å². The van der Waals surface area contributed by atoms with Crippen LogP contribution >= 0.6 is 0 Å². The quantitative estimate of drug-likeness (QED) is 0.427. The highest BCUT2D eigenvalue weighted by molar-refractivity contribution is 5.93. The molecule has 0 fully saturated rings. The zero-order valence-corrected chi connectivity index (χ0v) is 19.0. The van der Waals surface area contributed by atoms with Crippen molar-refractivity contribution in [3.05, 3.63) is 51.8 Å². The van der Waals surface area contributed by atoms with E-state index in [1.807, 2.05) is 25.1 Å². The van der Waals surface area contributed by atoms with Crippen LogP contribution in [0.5, 0.6) is 5.75 Å². The Bertz CT molecular complexity index is 980. The maximum Gasteiger partial charge on any atom is 0.343 e. The SMILES string of the molecule is COC(=O)c1c(OCCCN(C)C)cc(=O)n2c1CCN(C(=O)CCc1ccco1)CC2. The Kier molecular flexibility index (Phi) is 8.10. The third-order valence-corrected chi connectivity index (χ3v) is 5.51. The van der Waals surface area contributed by atoms with Crippen LogP contribution in [0.2, 0.25) is 0 Å². The Balaban J connectivity index is 1.77. The van der Waals surface area contributed by atoms with E-state index in [0.717, 1.165) is 18.7 Å². The number of amides is 1. The van der Waals surface area contributed by atoms with Gasteiger partial charge in [0.25, 0.3) is 5.56 Å². The molecule has 0 aromatic carbocycles. The molecule has 0 bridgehead atoms. The second-order valence-corrected chi connectivity index (χ2v) is 8.03. The average Bonchev–Trinajstić information content (AvgIpc) is 3.19. The number of aromatic nitrogens is 1. The first-order chi connectivity index (χ1) is 15.4. The van der Waals surface area contributed by atoms with Crippen LogP contribution in [0.3, 0.4) is 0 Å². The molecule has 0 radical (unpaired) electrons. The van der Waals surface area contributed by atoms with Gasteiger partial charge in [0.05, 0.1) is 20.0 Å². The fourth-order valence-corrected chi connectivity index (χ4v) is 3.84. The maximum atomic E-state index is 12.8. The zero-order chi connectivity index (χ0) is 23.1. The van der Waals surface area contributed by atoms with Crippen LogP contribution in [-0.4, -0.2) is 73.7 Å². The number of rotatable bonds is 9. The van der Waals surface area contributed by atoms with E-state index in [-0.39, 0.29) is 22.8 Å². The summed E-state index contributed by atoms with van der Waals surface area (Å²) in [5.74, 6) is 0.442. The van der Waals surface area contributed by atoms with Gasteiger partial charge in [0.15, 0.2) is 0 Å². The first-order valence-corrected chi connectivity index (χ1v) is 10.8. The summed E-state index contributed by atoms with van der Waals surface area (Å²) in [6.07, 6.45) is 3.55. The van der Waals surface area contributed by atoms with Crippen LogP contribution in [0.15, 0.2) is 33.7 Å². The van der Waals surface area contributed by atoms with Gasteiger partial charge in [-0.3, -0.25) is 9.59 Å². The molecule has 0 N–H and O–H groups in total. The van der Waals surface area contributed by atoms with Crippen molar-refractivity contribution < 1.29 is 23.5 Å². The molecule has 32 heavy (non-hydrogen) atoms. The maximum absolute atomic E-state index is 12.8. The standard InChI is InChI=1S/C23H31N3O6/c1-24(2)10-5-15-32-19-16-21(28)26-13-12-25(11-9-18(26)22(19)23(29)30-3)20(27)8-7-17-6-4-14-31-17/h4,6,14,16H,5,7-13,15H2,1-3H3. The molecule has 2 aromatic heterocycles. The Labute approximate surface area is 187 Å². The summed E-state index contributed by atoms with van der Waals surface area (Å²) in [6.45, 7) is 2.32. The van der Waals surface area contributed by atoms with Crippen molar-refractivity contribution in [2.75, 3.05) is 47.4 Å². The molecule has 0 saturated carbocycles. The van der Waals surface area contributed by atoms with E-state index >= 15 is 0 Å². The fourth-order valence-electron chi connectivity index (χ4n) is 3.84. The predicted octanol–water partition coefficient (Wildman–Crippen LogP) is 1.58. The highest BCUT2D eigenvalue weighted by atomic mass is 16.5. The van der Waals surface area contributed by atoms with Crippen molar-refractivity contribution in [1.29, 1.82) is 0 Å². The van der Waals surface area contributed by atoms with E-state index in [9.17, 15) is 14.4 Å². The van der Waals surface area contributed by atoms with Gasteiger partial charge in [-0.2, -0.15) is 0 Å². The number of carbonyl (C=O) groups is 2. The van der Waals surface area contributed by atoms with E-state index in [4.69, 9.17) is 13.9 Å². The third kappa shape index (κ3) is 5.79. The number of furan rings is 1. The molecule has 0 atom stereocenters. The van der Waals surface area contributed by atoms with Gasteiger partial charge >= 0.3 is 5.97 Å². The molecule has 3 rings (SSSR count). The van der Waals surface area contributed by atoms with Crippen molar-refractivity contribution in [2.24, 2.45) is 0 Å². The molecule has 2 aromatic rings. The van der Waals surface area contributed by atoms with Crippen molar-refractivity contribution in [2.45, 2.75) is 32.2 Å². The Hall–Kier alpha value is -3.07. The van der Waals surface area contributed by atoms with Gasteiger partial charge in [0, 0.05) is 57.2 Å². The van der Waals surface area contributed by atoms with E-state index in [1.54, 1.807) is 21.8 Å². The molecular formula is C23H31N3O6. The molecular weight excluding hydrogens is 414 g/mol. The van der Waals surface area contributed by atoms with Gasteiger partial charge in [-0.1, -0.05) is 0 Å². The zero-order valence-electron chi connectivity index (χ0n) is 19.0. The molecule has 0 unspecified atom stereocenters. The fraction of sp³-hybridized carbons (Fsp3) is 0.522. The topological polar surface area (TPSA) is 94.2 Å². The van der Waals surface area contributed by atoms with Gasteiger partial charge in [-0.15, -0.1) is 0 Å². The molecule has 9 heteroatoms. The summed E-state index contributed by atoms with van der Waals surface area (Å²) in [5, 5.41) is 0. The molecule has 0 aliphatic carbocycles. The predicted molar refractivity (Wildman–Crippen MR) is 118 cm³/mol. The Morgan fingerprint density at radius 2 is 2.03 bits per heavy atom. The number of aryl methyl sites for hydroxylation is 1. The minimum absolute atomic E-state index is 0.0120. The Morgan fingerprint density at radius 1 is 1.22 bits per heavy atom. The summed E-state index contributed by atoms with van der Waals surface area (Å²) in [5.41, 5.74) is 0.565. The van der Waals surface area contributed by atoms with Gasteiger partial charge < -0.3 is 28.3 Å². The first kappa shape index (κ1) is 23.6. The molecule has 0 saturated heterocycles. The number of methoxy groups -OCH3 is 1. The van der Waals surface area contributed by atoms with Crippen LogP contribution in [0.25, 0.3) is 0 Å². The molecule has 1 amide bonds. The molecule has 9 nitrogen and oxygen atoms in total. The summed E-state index contributed by atoms with van der Waals surface area (Å²) in [6, 6.07) is 4.98. The van der Waals surface area contributed by atoms with E-state index in [1.165, 1.54) is 13.2 Å². The lowest BCUT2D eigenvalue weighted by Crippen LogP contribution is -2.34. The number of carbonyl (C=O) groups excluding carboxylic acids is 2. The number of fused-ring (bicyclic) bond motifs is 1. The lowest BCUT2D eigenvalue weighted by Gasteiger charge is -2.19. The molecule has 3 heterocycles. The minimum atomic E-state index is -0.547. The van der Waals surface area contributed by atoms with Gasteiger partial charge in [0.2, 0.25) is 5.91 Å². The number of hydrogen-bond acceptors (Lipinski definition) is 7. The monoisotopic (exact) mass is 445 g/mol. The van der Waals surface area contributed by atoms with Gasteiger partial charge in [-0.25, -0.2) is 4.79 Å². The van der Waals surface area contributed by atoms with Crippen LogP contribution in [-0.2, 0) is 28.9 Å². The summed E-state index contributed by atoms with van der Waals surface area (Å²) >= 11 is 0. The van der Waals surface area contributed by atoms with Crippen LogP contribution in [0, 0.1) is 0 Å². The van der Waals surface area contributed by atoms with Gasteiger partial charge in [0.1, 0.15) is 17.1 Å². The molecule has 174 valence electrons. The second-order valence-electron chi connectivity index (χ2n) is 8.03. The number of ether oxygens (including phenoxy) is 2. The molecule has 1 aliphatic rings. The Morgan fingerprint density at radius 3 is 2.72 bits per heavy atom. The van der Waals surface area contributed by atoms with Crippen molar-refractivity contribution in [1.82, 2.24) is 14.4 Å². The van der Waals surface area contributed by atoms with E-state index in [0.29, 0.717) is 51.2 Å². The highest BCUT2D eigenvalue weighted by Gasteiger charge is 2.27. The normalized spacial score (nSPS) is 13.6. The smallest absolute Gasteiger partial charge is 0.343 e. The average molecular weight is 446 g/mol. The lowest BCUT2D eigenvalue weighted by molar-refractivity contribution is -0.131. The number of hydrogen-bond donors (Lipinski definition) is 0. The van der Waals surface area contributed by atoms with Crippen molar-refractivity contribution in [3.8, 4) is 5.75 Å². The second kappa shape index (κ2) is 11.0. The number of nitrogens with zero attached hydrogens (tertiary/aromatic N) is 3. The van der Waals surface area contributed by atoms with Crippen molar-refractivity contribution in [3.63, 3.8) is 0 Å². The lowest BCUT2D eigenvalue weighted by atomic mass is 10.1. The van der Waals surface area contributed by atoms with Crippen LogP contribution in [0.1, 0.15) is 34.7 Å². The largest absolute Gasteiger partial charge is 0.492 e. The van der Waals surface area contributed by atoms with Crippen molar-refractivity contribution >= 4 is 11.9 Å². The number of esters is 1.